The maximum atomic E-state index is 12.8. The molecule has 1 aliphatic rings. The van der Waals surface area contributed by atoms with E-state index in [-0.39, 0.29) is 23.5 Å². The van der Waals surface area contributed by atoms with Crippen LogP contribution in [0.2, 0.25) is 0 Å². The number of halogens is 3. The zero-order chi connectivity index (χ0) is 15.6. The van der Waals surface area contributed by atoms with Gasteiger partial charge in [0.05, 0.1) is 5.56 Å². The van der Waals surface area contributed by atoms with Gasteiger partial charge in [-0.2, -0.15) is 13.2 Å². The van der Waals surface area contributed by atoms with Crippen molar-refractivity contribution in [1.29, 1.82) is 0 Å². The number of allylic oxidation sites excluding steroid dienone is 1. The van der Waals surface area contributed by atoms with Crippen LogP contribution in [-0.2, 0) is 10.9 Å². The average Bonchev–Trinajstić information content (AvgIpc) is 2.36. The van der Waals surface area contributed by atoms with Gasteiger partial charge in [-0.3, -0.25) is 0 Å². The van der Waals surface area contributed by atoms with Crippen LogP contribution in [0.25, 0.3) is 0 Å². The summed E-state index contributed by atoms with van der Waals surface area (Å²) >= 11 is 0. The summed E-state index contributed by atoms with van der Waals surface area (Å²) in [4.78, 5) is 0. The van der Waals surface area contributed by atoms with Crippen LogP contribution in [0.5, 0.6) is 5.75 Å². The number of rotatable bonds is 5. The lowest BCUT2D eigenvalue weighted by molar-refractivity contribution is -0.138. The van der Waals surface area contributed by atoms with Crippen molar-refractivity contribution in [3.05, 3.63) is 54.3 Å². The zero-order valence-electron chi connectivity index (χ0n) is 11.7. The second-order valence-electron chi connectivity index (χ2n) is 5.10. The molecule has 0 aliphatic heterocycles. The minimum Gasteiger partial charge on any atom is -0.491 e. The SMILES string of the molecule is C=CC(=C)O[C@H]1C[C@@H](Oc2ccc(C)c(C(F)(F)F)c2)C1. The van der Waals surface area contributed by atoms with E-state index in [1.165, 1.54) is 19.1 Å². The normalized spacial score (nSPS) is 21.3. The van der Waals surface area contributed by atoms with Crippen LogP contribution in [0.4, 0.5) is 13.2 Å². The molecule has 1 aliphatic carbocycles. The number of alkyl halides is 3. The van der Waals surface area contributed by atoms with E-state index in [0.29, 0.717) is 18.6 Å². The van der Waals surface area contributed by atoms with Gasteiger partial charge in [-0.1, -0.05) is 19.2 Å². The Labute approximate surface area is 121 Å². The van der Waals surface area contributed by atoms with E-state index in [2.05, 4.69) is 13.2 Å². The molecule has 1 aromatic carbocycles. The van der Waals surface area contributed by atoms with E-state index in [9.17, 15) is 13.2 Å². The molecule has 0 amide bonds. The Hall–Kier alpha value is -1.91. The summed E-state index contributed by atoms with van der Waals surface area (Å²) in [5, 5.41) is 0. The molecular weight excluding hydrogens is 281 g/mol. The maximum absolute atomic E-state index is 12.8. The molecule has 0 unspecified atom stereocenters. The Morgan fingerprint density at radius 1 is 1.29 bits per heavy atom. The lowest BCUT2D eigenvalue weighted by Crippen LogP contribution is -2.39. The second kappa shape index (κ2) is 5.84. The van der Waals surface area contributed by atoms with Crippen molar-refractivity contribution in [2.75, 3.05) is 0 Å². The van der Waals surface area contributed by atoms with Crippen LogP contribution in [0, 0.1) is 6.92 Å². The third-order valence-electron chi connectivity index (χ3n) is 3.41. The predicted molar refractivity (Wildman–Crippen MR) is 74.0 cm³/mol. The predicted octanol–water partition coefficient (Wildman–Crippen LogP) is 4.64. The summed E-state index contributed by atoms with van der Waals surface area (Å²) in [7, 11) is 0. The molecule has 0 aromatic heterocycles. The molecule has 1 fully saturated rings. The fourth-order valence-electron chi connectivity index (χ4n) is 2.14. The van der Waals surface area contributed by atoms with Crippen molar-refractivity contribution in [3.8, 4) is 5.75 Å². The topological polar surface area (TPSA) is 18.5 Å². The first-order valence-electron chi connectivity index (χ1n) is 6.62. The molecule has 0 heterocycles. The molecule has 21 heavy (non-hydrogen) atoms. The molecule has 0 spiro atoms. The average molecular weight is 298 g/mol. The minimum absolute atomic E-state index is 0.00645. The van der Waals surface area contributed by atoms with Gasteiger partial charge in [0.25, 0.3) is 0 Å². The highest BCUT2D eigenvalue weighted by Crippen LogP contribution is 2.36. The Kier molecular flexibility index (Phi) is 4.30. The lowest BCUT2D eigenvalue weighted by Gasteiger charge is -2.35. The molecule has 2 nitrogen and oxygen atoms in total. The largest absolute Gasteiger partial charge is 0.491 e. The number of hydrogen-bond donors (Lipinski definition) is 0. The van der Waals surface area contributed by atoms with E-state index in [4.69, 9.17) is 9.47 Å². The van der Waals surface area contributed by atoms with E-state index in [1.54, 1.807) is 6.07 Å². The van der Waals surface area contributed by atoms with Gasteiger partial charge in [-0.25, -0.2) is 0 Å². The van der Waals surface area contributed by atoms with Crippen molar-refractivity contribution in [3.63, 3.8) is 0 Å². The number of benzene rings is 1. The number of hydrogen-bond acceptors (Lipinski definition) is 2. The van der Waals surface area contributed by atoms with Crippen LogP contribution in [0.3, 0.4) is 0 Å². The monoisotopic (exact) mass is 298 g/mol. The zero-order valence-corrected chi connectivity index (χ0v) is 11.7. The summed E-state index contributed by atoms with van der Waals surface area (Å²) in [5.74, 6) is 0.729. The van der Waals surface area contributed by atoms with Gasteiger partial charge in [0.2, 0.25) is 0 Å². The first-order chi connectivity index (χ1) is 9.79. The molecule has 5 heteroatoms. The molecule has 0 N–H and O–H groups in total. The van der Waals surface area contributed by atoms with E-state index in [0.717, 1.165) is 6.07 Å². The molecule has 2 rings (SSSR count). The van der Waals surface area contributed by atoms with Gasteiger partial charge in [0.1, 0.15) is 23.7 Å². The van der Waals surface area contributed by atoms with Crippen LogP contribution < -0.4 is 4.74 Å². The van der Waals surface area contributed by atoms with Crippen molar-refractivity contribution in [1.82, 2.24) is 0 Å². The molecule has 1 saturated carbocycles. The molecule has 0 radical (unpaired) electrons. The summed E-state index contributed by atoms with van der Waals surface area (Å²) in [5.41, 5.74) is -0.473. The van der Waals surface area contributed by atoms with E-state index < -0.39 is 11.7 Å². The maximum Gasteiger partial charge on any atom is 0.416 e. The molecular formula is C16H17F3O2. The van der Waals surface area contributed by atoms with Gasteiger partial charge in [0.15, 0.2) is 0 Å². The highest BCUT2D eigenvalue weighted by molar-refractivity contribution is 5.37. The van der Waals surface area contributed by atoms with Gasteiger partial charge < -0.3 is 9.47 Å². The highest BCUT2D eigenvalue weighted by Gasteiger charge is 2.35. The smallest absolute Gasteiger partial charge is 0.416 e. The number of ether oxygens (including phenoxy) is 2. The highest BCUT2D eigenvalue weighted by atomic mass is 19.4. The van der Waals surface area contributed by atoms with E-state index in [1.807, 2.05) is 0 Å². The van der Waals surface area contributed by atoms with Crippen molar-refractivity contribution in [2.45, 2.75) is 38.1 Å². The van der Waals surface area contributed by atoms with Crippen molar-refractivity contribution >= 4 is 0 Å². The Balaban J connectivity index is 1.94. The molecule has 0 bridgehead atoms. The van der Waals surface area contributed by atoms with Gasteiger partial charge in [-0.15, -0.1) is 0 Å². The summed E-state index contributed by atoms with van der Waals surface area (Å²) in [6.45, 7) is 8.61. The molecule has 0 atom stereocenters. The lowest BCUT2D eigenvalue weighted by atomic mass is 9.91. The second-order valence-corrected chi connectivity index (χ2v) is 5.10. The van der Waals surface area contributed by atoms with Crippen LogP contribution >= 0.6 is 0 Å². The van der Waals surface area contributed by atoms with Gasteiger partial charge in [-0.05, 0) is 30.7 Å². The molecule has 0 saturated heterocycles. The first kappa shape index (κ1) is 15.5. The summed E-state index contributed by atoms with van der Waals surface area (Å²) in [6, 6.07) is 4.03. The standard InChI is InChI=1S/C16H17F3O2/c1-4-11(3)20-13-7-14(8-13)21-12-6-5-10(2)15(9-12)16(17,18)19/h4-6,9,13-14H,1,3,7-8H2,2H3/t13-,14+. The van der Waals surface area contributed by atoms with Crippen molar-refractivity contribution < 1.29 is 22.6 Å². The third-order valence-corrected chi connectivity index (χ3v) is 3.41. The number of aryl methyl sites for hydroxylation is 1. The van der Waals surface area contributed by atoms with Crippen LogP contribution in [0.1, 0.15) is 24.0 Å². The first-order valence-corrected chi connectivity index (χ1v) is 6.62. The summed E-state index contributed by atoms with van der Waals surface area (Å²) < 4.78 is 49.4. The summed E-state index contributed by atoms with van der Waals surface area (Å²) in [6.07, 6.45) is -1.73. The van der Waals surface area contributed by atoms with Crippen molar-refractivity contribution in [2.24, 2.45) is 0 Å². The Bertz CT molecular complexity index is 543. The Morgan fingerprint density at radius 2 is 1.95 bits per heavy atom. The quantitative estimate of drug-likeness (QED) is 0.582. The molecule has 1 aromatic rings. The fraction of sp³-hybridized carbons (Fsp3) is 0.375. The van der Waals surface area contributed by atoms with E-state index >= 15 is 0 Å². The molecule has 114 valence electrons. The van der Waals surface area contributed by atoms with Crippen LogP contribution in [-0.4, -0.2) is 12.2 Å². The van der Waals surface area contributed by atoms with Gasteiger partial charge >= 0.3 is 6.18 Å². The minimum atomic E-state index is -4.36. The fourth-order valence-corrected chi connectivity index (χ4v) is 2.14. The Morgan fingerprint density at radius 3 is 2.52 bits per heavy atom. The third kappa shape index (κ3) is 3.80. The van der Waals surface area contributed by atoms with Gasteiger partial charge in [0, 0.05) is 12.8 Å². The van der Waals surface area contributed by atoms with Crippen LogP contribution in [0.15, 0.2) is 43.2 Å².